The van der Waals surface area contributed by atoms with Gasteiger partial charge < -0.3 is 28.6 Å². The Morgan fingerprint density at radius 1 is 1.05 bits per heavy atom. The van der Waals surface area contributed by atoms with Crippen molar-refractivity contribution < 1.29 is 38.4 Å². The van der Waals surface area contributed by atoms with Gasteiger partial charge in [0.1, 0.15) is 17.1 Å². The normalized spacial score (nSPS) is 17.7. The summed E-state index contributed by atoms with van der Waals surface area (Å²) in [6.45, 7) is 4.57. The van der Waals surface area contributed by atoms with Crippen molar-refractivity contribution in [3.8, 4) is 11.5 Å². The highest BCUT2D eigenvalue weighted by Crippen LogP contribution is 2.49. The number of methoxy groups -OCH3 is 1. The second-order valence-electron chi connectivity index (χ2n) is 10.4. The summed E-state index contributed by atoms with van der Waals surface area (Å²) < 4.78 is 25.3. The van der Waals surface area contributed by atoms with Crippen molar-refractivity contribution in [3.05, 3.63) is 58.3 Å². The predicted octanol–water partition coefficient (Wildman–Crippen LogP) is 4.41. The van der Waals surface area contributed by atoms with Crippen LogP contribution in [0, 0.1) is 0 Å². The number of rotatable bonds is 6. The first-order valence-electron chi connectivity index (χ1n) is 12.8. The molecule has 10 heteroatoms. The van der Waals surface area contributed by atoms with Crippen LogP contribution < -0.4 is 14.9 Å². The number of carboxylic acids is 1. The zero-order valence-corrected chi connectivity index (χ0v) is 22.8. The number of carbonyl (C=O) groups excluding carboxylic acids is 2. The molecule has 208 valence electrons. The van der Waals surface area contributed by atoms with E-state index in [-0.39, 0.29) is 23.0 Å². The molecule has 40 heavy (non-hydrogen) atoms. The monoisotopic (exact) mass is 547 g/mol. The molecule has 1 aliphatic rings. The number of aryl methyl sites for hydroxylation is 1. The van der Waals surface area contributed by atoms with E-state index in [1.165, 1.54) is 14.0 Å². The third-order valence-electron chi connectivity index (χ3n) is 7.23. The Labute approximate surface area is 229 Å². The van der Waals surface area contributed by atoms with Gasteiger partial charge in [-0.1, -0.05) is 24.3 Å². The van der Waals surface area contributed by atoms with Gasteiger partial charge in [0.2, 0.25) is 5.43 Å². The number of fused-ring (bicyclic) bond motifs is 5. The number of pyridine rings is 1. The Bertz CT molecular complexity index is 1770. The molecule has 1 aliphatic heterocycles. The lowest BCUT2D eigenvalue weighted by Crippen LogP contribution is -2.52. The minimum Gasteiger partial charge on any atom is -0.496 e. The van der Waals surface area contributed by atoms with Crippen LogP contribution in [0.25, 0.3) is 32.6 Å². The molecule has 0 bridgehead atoms. The molecule has 2 heterocycles. The summed E-state index contributed by atoms with van der Waals surface area (Å²) >= 11 is 0. The quantitative estimate of drug-likeness (QED) is 0.276. The molecule has 0 unspecified atom stereocenters. The van der Waals surface area contributed by atoms with E-state index in [1.54, 1.807) is 27.0 Å². The van der Waals surface area contributed by atoms with Crippen LogP contribution in [0.3, 0.4) is 0 Å². The summed E-state index contributed by atoms with van der Waals surface area (Å²) in [5.74, 6) is -1.99. The van der Waals surface area contributed by atoms with Crippen molar-refractivity contribution in [2.45, 2.75) is 51.4 Å². The first-order chi connectivity index (χ1) is 18.9. The van der Waals surface area contributed by atoms with E-state index < -0.39 is 42.1 Å². The number of nitrogens with zero attached hydrogens (tertiary/aromatic N) is 1. The van der Waals surface area contributed by atoms with Gasteiger partial charge in [0.25, 0.3) is 0 Å². The summed E-state index contributed by atoms with van der Waals surface area (Å²) in [5, 5.41) is 11.6. The van der Waals surface area contributed by atoms with Gasteiger partial charge in [0, 0.05) is 25.4 Å². The average molecular weight is 548 g/mol. The number of ether oxygens (including phenoxy) is 4. The van der Waals surface area contributed by atoms with Crippen molar-refractivity contribution in [1.29, 1.82) is 0 Å². The van der Waals surface area contributed by atoms with Gasteiger partial charge in [0.15, 0.2) is 12.2 Å². The average Bonchev–Trinajstić information content (AvgIpc) is 2.90. The van der Waals surface area contributed by atoms with E-state index >= 15 is 0 Å². The summed E-state index contributed by atoms with van der Waals surface area (Å²) in [6, 6.07) is 13.0. The molecule has 1 aromatic heterocycles. The van der Waals surface area contributed by atoms with Crippen LogP contribution in [-0.4, -0.2) is 46.4 Å². The maximum absolute atomic E-state index is 14.0. The Hall–Kier alpha value is -4.60. The van der Waals surface area contributed by atoms with E-state index in [9.17, 15) is 19.2 Å². The van der Waals surface area contributed by atoms with E-state index in [2.05, 4.69) is 0 Å². The molecule has 0 saturated carbocycles. The molecule has 4 aromatic rings. The zero-order valence-electron chi connectivity index (χ0n) is 22.8. The minimum absolute atomic E-state index is 0.253. The molecule has 1 N–H and O–H groups in total. The number of carbonyl (C=O) groups is 3. The molecule has 10 nitrogen and oxygen atoms in total. The van der Waals surface area contributed by atoms with Crippen LogP contribution in [0.4, 0.5) is 0 Å². The highest BCUT2D eigenvalue weighted by molar-refractivity contribution is 6.04. The zero-order chi connectivity index (χ0) is 28.9. The molecule has 0 fully saturated rings. The Morgan fingerprint density at radius 3 is 2.35 bits per heavy atom. The number of aromatic nitrogens is 1. The second-order valence-corrected chi connectivity index (χ2v) is 10.4. The van der Waals surface area contributed by atoms with Crippen LogP contribution in [0.2, 0.25) is 0 Å². The maximum atomic E-state index is 14.0. The van der Waals surface area contributed by atoms with E-state index in [1.807, 2.05) is 41.0 Å². The van der Waals surface area contributed by atoms with Crippen LogP contribution in [0.5, 0.6) is 11.5 Å². The van der Waals surface area contributed by atoms with E-state index in [4.69, 9.17) is 24.1 Å². The van der Waals surface area contributed by atoms with Gasteiger partial charge in [0.05, 0.1) is 41.9 Å². The lowest BCUT2D eigenvalue weighted by atomic mass is 9.86. The number of aliphatic carboxylic acids is 1. The standard InChI is InChI=1S/C30H29NO9/c1-15(32)38-28-25-21(40-30(2,3)29(28)39-23(35)11-10-22(33)34)14-20(37-5)24-26(25)31(4)19-13-17-9-7-6-8-16(17)12-18(19)27(24)36/h6-9,12-14,28-29H,10-11H2,1-5H3,(H,33,34)/t28-,29-/m1/s1. The van der Waals surface area contributed by atoms with Crippen molar-refractivity contribution >= 4 is 50.5 Å². The van der Waals surface area contributed by atoms with Gasteiger partial charge in [-0.25, -0.2) is 0 Å². The molecular formula is C30H29NO9. The lowest BCUT2D eigenvalue weighted by molar-refractivity contribution is -0.189. The summed E-state index contributed by atoms with van der Waals surface area (Å²) in [6.07, 6.45) is -3.11. The number of hydrogen-bond acceptors (Lipinski definition) is 8. The molecule has 0 amide bonds. The summed E-state index contributed by atoms with van der Waals surface area (Å²) in [5.41, 5.74) is -0.106. The van der Waals surface area contributed by atoms with Gasteiger partial charge >= 0.3 is 17.9 Å². The molecule has 0 aliphatic carbocycles. The fourth-order valence-corrected chi connectivity index (χ4v) is 5.44. The molecule has 0 spiro atoms. The molecule has 0 radical (unpaired) electrons. The Morgan fingerprint density at radius 2 is 1.73 bits per heavy atom. The number of carboxylic acid groups (broad SMARTS) is 1. The van der Waals surface area contributed by atoms with Gasteiger partial charge in [-0.15, -0.1) is 0 Å². The molecular weight excluding hydrogens is 518 g/mol. The molecule has 0 saturated heterocycles. The topological polar surface area (TPSA) is 130 Å². The predicted molar refractivity (Wildman–Crippen MR) is 147 cm³/mol. The highest BCUT2D eigenvalue weighted by Gasteiger charge is 2.50. The Kier molecular flexibility index (Phi) is 6.65. The SMILES string of the molecule is COc1cc2c(c3c1c(=O)c1cc4ccccc4cc1n3C)[C@@H](OC(C)=O)[C@@H](OC(=O)CCC(=O)O)C(C)(C)O2. The highest BCUT2D eigenvalue weighted by atomic mass is 16.6. The smallest absolute Gasteiger partial charge is 0.306 e. The largest absolute Gasteiger partial charge is 0.496 e. The van der Waals surface area contributed by atoms with Crippen LogP contribution in [-0.2, 0) is 30.9 Å². The number of benzene rings is 3. The molecule has 2 atom stereocenters. The van der Waals surface area contributed by atoms with Gasteiger partial charge in [-0.2, -0.15) is 0 Å². The van der Waals surface area contributed by atoms with Crippen LogP contribution >= 0.6 is 0 Å². The third kappa shape index (κ3) is 4.49. The maximum Gasteiger partial charge on any atom is 0.306 e. The van der Waals surface area contributed by atoms with Gasteiger partial charge in [-0.3, -0.25) is 19.2 Å². The van der Waals surface area contributed by atoms with Gasteiger partial charge in [-0.05, 0) is 36.8 Å². The van der Waals surface area contributed by atoms with Crippen LogP contribution in [0.1, 0.15) is 45.3 Å². The fraction of sp³-hybridized carbons (Fsp3) is 0.333. The fourth-order valence-electron chi connectivity index (χ4n) is 5.44. The third-order valence-corrected chi connectivity index (χ3v) is 7.23. The van der Waals surface area contributed by atoms with E-state index in [0.717, 1.165) is 10.8 Å². The van der Waals surface area contributed by atoms with E-state index in [0.29, 0.717) is 27.7 Å². The van der Waals surface area contributed by atoms with Crippen molar-refractivity contribution in [2.24, 2.45) is 7.05 Å². The Balaban J connectivity index is 1.83. The second kappa shape index (κ2) is 9.86. The first kappa shape index (κ1) is 27.0. The summed E-state index contributed by atoms with van der Waals surface area (Å²) in [7, 11) is 3.24. The summed E-state index contributed by atoms with van der Waals surface area (Å²) in [4.78, 5) is 50.1. The van der Waals surface area contributed by atoms with Crippen LogP contribution in [0.15, 0.2) is 47.3 Å². The number of hydrogen-bond donors (Lipinski definition) is 1. The first-order valence-corrected chi connectivity index (χ1v) is 12.8. The minimum atomic E-state index is -1.20. The van der Waals surface area contributed by atoms with Crippen molar-refractivity contribution in [3.63, 3.8) is 0 Å². The number of esters is 2. The molecule has 5 rings (SSSR count). The van der Waals surface area contributed by atoms with Crippen molar-refractivity contribution in [1.82, 2.24) is 4.57 Å². The lowest BCUT2D eigenvalue weighted by Gasteiger charge is -2.43. The van der Waals surface area contributed by atoms with Crippen molar-refractivity contribution in [2.75, 3.05) is 7.11 Å². The molecule has 3 aromatic carbocycles.